The van der Waals surface area contributed by atoms with Crippen LogP contribution in [0.2, 0.25) is 5.02 Å². The average molecular weight is 391 g/mol. The van der Waals surface area contributed by atoms with Crippen LogP contribution >= 0.6 is 11.6 Å². The molecule has 0 fully saturated rings. The van der Waals surface area contributed by atoms with Crippen molar-refractivity contribution in [1.82, 2.24) is 10.3 Å². The SMILES string of the molecule is CC(Oc1ccccc1F)C(=O)NNS(=O)(=O)c1ccc(F)c(Cl)c1. The van der Waals surface area contributed by atoms with Gasteiger partial charge in [0.1, 0.15) is 5.82 Å². The fraction of sp³-hybridized carbons (Fsp3) is 0.133. The lowest BCUT2D eigenvalue weighted by Gasteiger charge is -2.15. The number of carbonyl (C=O) groups is 1. The molecule has 2 rings (SSSR count). The molecule has 2 aromatic carbocycles. The summed E-state index contributed by atoms with van der Waals surface area (Å²) >= 11 is 5.53. The number of sulfonamides is 1. The molecule has 2 N–H and O–H groups in total. The van der Waals surface area contributed by atoms with Crippen molar-refractivity contribution in [2.24, 2.45) is 0 Å². The van der Waals surface area contributed by atoms with E-state index >= 15 is 0 Å². The number of hydrazine groups is 1. The normalized spacial score (nSPS) is 12.5. The van der Waals surface area contributed by atoms with E-state index < -0.39 is 33.7 Å². The van der Waals surface area contributed by atoms with Crippen LogP contribution in [-0.4, -0.2) is 20.4 Å². The van der Waals surface area contributed by atoms with Crippen LogP contribution in [0.15, 0.2) is 47.4 Å². The molecule has 0 aromatic heterocycles. The van der Waals surface area contributed by atoms with Gasteiger partial charge in [-0.1, -0.05) is 23.7 Å². The Balaban J connectivity index is 2.00. The lowest BCUT2D eigenvalue weighted by atomic mass is 10.3. The van der Waals surface area contributed by atoms with Crippen LogP contribution in [0.3, 0.4) is 0 Å². The van der Waals surface area contributed by atoms with E-state index in [9.17, 15) is 22.0 Å². The van der Waals surface area contributed by atoms with Crippen molar-refractivity contribution in [1.29, 1.82) is 0 Å². The van der Waals surface area contributed by atoms with Crippen LogP contribution in [0.5, 0.6) is 5.75 Å². The second-order valence-corrected chi connectivity index (χ2v) is 6.95. The smallest absolute Gasteiger partial charge is 0.275 e. The lowest BCUT2D eigenvalue weighted by molar-refractivity contribution is -0.127. The van der Waals surface area contributed by atoms with Crippen molar-refractivity contribution in [3.05, 3.63) is 59.1 Å². The van der Waals surface area contributed by atoms with Crippen LogP contribution < -0.4 is 15.0 Å². The van der Waals surface area contributed by atoms with Gasteiger partial charge in [-0.25, -0.2) is 17.2 Å². The highest BCUT2D eigenvalue weighted by atomic mass is 35.5. The van der Waals surface area contributed by atoms with Crippen LogP contribution in [0.25, 0.3) is 0 Å². The fourth-order valence-electron chi connectivity index (χ4n) is 1.71. The summed E-state index contributed by atoms with van der Waals surface area (Å²) in [5.41, 5.74) is 1.93. The molecular weight excluding hydrogens is 378 g/mol. The highest BCUT2D eigenvalue weighted by Crippen LogP contribution is 2.19. The zero-order chi connectivity index (χ0) is 18.6. The molecule has 1 unspecified atom stereocenters. The molecule has 0 aliphatic carbocycles. The molecular formula is C15H13ClF2N2O4S. The molecule has 0 heterocycles. The van der Waals surface area contributed by atoms with Crippen LogP contribution in [0.4, 0.5) is 8.78 Å². The Hall–Kier alpha value is -2.23. The Morgan fingerprint density at radius 1 is 1.16 bits per heavy atom. The average Bonchev–Trinajstić information content (AvgIpc) is 2.57. The van der Waals surface area contributed by atoms with Crippen molar-refractivity contribution >= 4 is 27.5 Å². The van der Waals surface area contributed by atoms with Gasteiger partial charge in [0, 0.05) is 0 Å². The zero-order valence-electron chi connectivity index (χ0n) is 12.8. The number of rotatable bonds is 6. The lowest BCUT2D eigenvalue weighted by Crippen LogP contribution is -2.47. The molecule has 0 bridgehead atoms. The summed E-state index contributed by atoms with van der Waals surface area (Å²) in [6.07, 6.45) is -1.18. The van der Waals surface area contributed by atoms with E-state index in [0.717, 1.165) is 24.3 Å². The number of amides is 1. The van der Waals surface area contributed by atoms with Gasteiger partial charge in [-0.15, -0.1) is 4.83 Å². The molecule has 0 radical (unpaired) electrons. The van der Waals surface area contributed by atoms with Crippen molar-refractivity contribution in [3.8, 4) is 5.75 Å². The summed E-state index contributed by atoms with van der Waals surface area (Å²) in [7, 11) is -4.17. The number of hydrogen-bond donors (Lipinski definition) is 2. The van der Waals surface area contributed by atoms with E-state index in [1.807, 2.05) is 10.3 Å². The number of para-hydroxylation sites is 1. The van der Waals surface area contributed by atoms with Crippen molar-refractivity contribution in [3.63, 3.8) is 0 Å². The first-order chi connectivity index (χ1) is 11.7. The molecule has 0 aliphatic rings. The minimum atomic E-state index is -4.17. The Morgan fingerprint density at radius 2 is 1.84 bits per heavy atom. The van der Waals surface area contributed by atoms with E-state index in [4.69, 9.17) is 16.3 Å². The molecule has 1 atom stereocenters. The molecule has 6 nitrogen and oxygen atoms in total. The number of halogens is 3. The molecule has 0 saturated carbocycles. The second-order valence-electron chi connectivity index (χ2n) is 4.86. The largest absolute Gasteiger partial charge is 0.478 e. The summed E-state index contributed by atoms with van der Waals surface area (Å²) in [6, 6.07) is 8.20. The minimum absolute atomic E-state index is 0.154. The molecule has 1 amide bonds. The maximum atomic E-state index is 13.5. The third kappa shape index (κ3) is 4.88. The van der Waals surface area contributed by atoms with Crippen LogP contribution in [-0.2, 0) is 14.8 Å². The zero-order valence-corrected chi connectivity index (χ0v) is 14.4. The highest BCUT2D eigenvalue weighted by Gasteiger charge is 2.21. The van der Waals surface area contributed by atoms with Gasteiger partial charge >= 0.3 is 0 Å². The van der Waals surface area contributed by atoms with E-state index in [1.165, 1.54) is 25.1 Å². The summed E-state index contributed by atoms with van der Waals surface area (Å²) in [6.45, 7) is 1.31. The topological polar surface area (TPSA) is 84.5 Å². The van der Waals surface area contributed by atoms with Crippen molar-refractivity contribution < 1.29 is 26.7 Å². The molecule has 0 spiro atoms. The third-order valence-electron chi connectivity index (χ3n) is 3.02. The summed E-state index contributed by atoms with van der Waals surface area (Å²) in [5, 5.41) is -0.384. The first-order valence-electron chi connectivity index (χ1n) is 6.88. The second kappa shape index (κ2) is 7.77. The Bertz CT molecular complexity index is 893. The fourth-order valence-corrected chi connectivity index (χ4v) is 2.82. The first kappa shape index (κ1) is 19.1. The maximum absolute atomic E-state index is 13.5. The quantitative estimate of drug-likeness (QED) is 0.742. The summed E-state index contributed by atoms with van der Waals surface area (Å²) in [5.74, 6) is -2.46. The number of hydrogen-bond acceptors (Lipinski definition) is 4. The minimum Gasteiger partial charge on any atom is -0.478 e. The van der Waals surface area contributed by atoms with Gasteiger partial charge in [0.05, 0.1) is 9.92 Å². The van der Waals surface area contributed by atoms with Gasteiger partial charge in [0.15, 0.2) is 17.7 Å². The highest BCUT2D eigenvalue weighted by molar-refractivity contribution is 7.89. The molecule has 10 heteroatoms. The molecule has 25 heavy (non-hydrogen) atoms. The Morgan fingerprint density at radius 3 is 2.48 bits per heavy atom. The van der Waals surface area contributed by atoms with Gasteiger partial charge < -0.3 is 4.74 Å². The van der Waals surface area contributed by atoms with Crippen molar-refractivity contribution in [2.45, 2.75) is 17.9 Å². The van der Waals surface area contributed by atoms with Gasteiger partial charge in [-0.3, -0.25) is 10.2 Å². The predicted molar refractivity (Wildman–Crippen MR) is 86.4 cm³/mol. The Kier molecular flexibility index (Phi) is 5.93. The Labute approximate surface area is 147 Å². The monoisotopic (exact) mass is 390 g/mol. The predicted octanol–water partition coefficient (Wildman–Crippen LogP) is 2.40. The van der Waals surface area contributed by atoms with Gasteiger partial charge in [-0.2, -0.15) is 0 Å². The summed E-state index contributed by atoms with van der Waals surface area (Å²) < 4.78 is 55.7. The van der Waals surface area contributed by atoms with E-state index in [1.54, 1.807) is 0 Å². The number of carbonyl (C=O) groups excluding carboxylic acids is 1. The van der Waals surface area contributed by atoms with E-state index in [-0.39, 0.29) is 15.7 Å². The number of benzene rings is 2. The first-order valence-corrected chi connectivity index (χ1v) is 8.75. The van der Waals surface area contributed by atoms with Gasteiger partial charge in [0.25, 0.3) is 15.9 Å². The molecule has 0 aliphatic heterocycles. The van der Waals surface area contributed by atoms with E-state index in [2.05, 4.69) is 0 Å². The maximum Gasteiger partial charge on any atom is 0.275 e. The van der Waals surface area contributed by atoms with Gasteiger partial charge in [-0.05, 0) is 37.3 Å². The van der Waals surface area contributed by atoms with E-state index in [0.29, 0.717) is 0 Å². The van der Waals surface area contributed by atoms with Crippen LogP contribution in [0, 0.1) is 11.6 Å². The molecule has 134 valence electrons. The third-order valence-corrected chi connectivity index (χ3v) is 4.55. The summed E-state index contributed by atoms with van der Waals surface area (Å²) in [4.78, 5) is 13.4. The number of ether oxygens (including phenoxy) is 1. The molecule has 2 aromatic rings. The number of nitrogens with one attached hydrogen (secondary N) is 2. The van der Waals surface area contributed by atoms with Crippen LogP contribution in [0.1, 0.15) is 6.92 Å². The van der Waals surface area contributed by atoms with Crippen molar-refractivity contribution in [2.75, 3.05) is 0 Å². The van der Waals surface area contributed by atoms with Gasteiger partial charge in [0.2, 0.25) is 0 Å². The standard InChI is InChI=1S/C15H13ClF2N2O4S/c1-9(24-14-5-3-2-4-13(14)18)15(21)19-20-25(22,23)10-6-7-12(17)11(16)8-10/h2-9,20H,1H3,(H,19,21). The molecule has 0 saturated heterocycles.